The first kappa shape index (κ1) is 19.3. The summed E-state index contributed by atoms with van der Waals surface area (Å²) in [7, 11) is -2.03. The normalized spacial score (nSPS) is 11.7. The van der Waals surface area contributed by atoms with Gasteiger partial charge >= 0.3 is 0 Å². The van der Waals surface area contributed by atoms with Crippen molar-refractivity contribution in [2.45, 2.75) is 31.7 Å². The number of ether oxygens (including phenoxy) is 1. The van der Waals surface area contributed by atoms with Crippen LogP contribution in [0.4, 0.5) is 0 Å². The number of sulfone groups is 1. The summed E-state index contributed by atoms with van der Waals surface area (Å²) >= 11 is 1.47. The molecule has 1 aromatic carbocycles. The number of methoxy groups -OCH3 is 1. The summed E-state index contributed by atoms with van der Waals surface area (Å²) in [4.78, 5) is 17.5. The fraction of sp³-hybridized carbons (Fsp3) is 0.353. The van der Waals surface area contributed by atoms with Crippen molar-refractivity contribution in [3.63, 3.8) is 0 Å². The lowest BCUT2D eigenvalue weighted by molar-refractivity contribution is -0.120. The van der Waals surface area contributed by atoms with Gasteiger partial charge in [0.1, 0.15) is 10.8 Å². The SMILES string of the molecule is COc1ccc(S(=O)(=O)CCC(=O)NCc2c(C)nc3sc(C)nn23)cc1. The summed E-state index contributed by atoms with van der Waals surface area (Å²) in [5.74, 6) is -0.0262. The number of fused-ring (bicyclic) bond motifs is 1. The van der Waals surface area contributed by atoms with Crippen molar-refractivity contribution in [2.75, 3.05) is 12.9 Å². The molecule has 0 fully saturated rings. The number of nitrogens with zero attached hydrogens (tertiary/aromatic N) is 3. The minimum Gasteiger partial charge on any atom is -0.497 e. The Morgan fingerprint density at radius 1 is 1.26 bits per heavy atom. The number of aryl methyl sites for hydroxylation is 2. The number of hydrogen-bond donors (Lipinski definition) is 1. The third kappa shape index (κ3) is 4.28. The van der Waals surface area contributed by atoms with Gasteiger partial charge in [0, 0.05) is 6.42 Å². The van der Waals surface area contributed by atoms with Crippen LogP contribution in [0, 0.1) is 13.8 Å². The summed E-state index contributed by atoms with van der Waals surface area (Å²) in [5, 5.41) is 8.00. The van der Waals surface area contributed by atoms with Gasteiger partial charge in [0.25, 0.3) is 0 Å². The predicted molar refractivity (Wildman–Crippen MR) is 102 cm³/mol. The first-order valence-electron chi connectivity index (χ1n) is 8.25. The monoisotopic (exact) mass is 408 g/mol. The number of carbonyl (C=O) groups excluding carboxylic acids is 1. The molecule has 1 N–H and O–H groups in total. The molecular weight excluding hydrogens is 388 g/mol. The van der Waals surface area contributed by atoms with Crippen LogP contribution < -0.4 is 10.1 Å². The Morgan fingerprint density at radius 2 is 1.96 bits per heavy atom. The molecular formula is C17H20N4O4S2. The molecule has 3 rings (SSSR count). The van der Waals surface area contributed by atoms with Crippen LogP contribution >= 0.6 is 11.3 Å². The molecule has 144 valence electrons. The van der Waals surface area contributed by atoms with Crippen LogP contribution in [0.2, 0.25) is 0 Å². The van der Waals surface area contributed by atoms with Gasteiger partial charge in [-0.1, -0.05) is 11.3 Å². The lowest BCUT2D eigenvalue weighted by Crippen LogP contribution is -2.26. The van der Waals surface area contributed by atoms with E-state index in [-0.39, 0.29) is 29.5 Å². The van der Waals surface area contributed by atoms with Gasteiger partial charge < -0.3 is 10.1 Å². The number of nitrogens with one attached hydrogen (secondary N) is 1. The molecule has 3 aromatic rings. The van der Waals surface area contributed by atoms with E-state index in [2.05, 4.69) is 15.4 Å². The molecule has 8 nitrogen and oxygen atoms in total. The topological polar surface area (TPSA) is 103 Å². The largest absolute Gasteiger partial charge is 0.497 e. The lowest BCUT2D eigenvalue weighted by atomic mass is 10.3. The van der Waals surface area contributed by atoms with E-state index in [1.807, 2.05) is 13.8 Å². The fourth-order valence-electron chi connectivity index (χ4n) is 2.59. The van der Waals surface area contributed by atoms with Crippen LogP contribution in [-0.2, 0) is 21.2 Å². The zero-order chi connectivity index (χ0) is 19.6. The van der Waals surface area contributed by atoms with Crippen molar-refractivity contribution in [2.24, 2.45) is 0 Å². The smallest absolute Gasteiger partial charge is 0.221 e. The molecule has 2 aromatic heterocycles. The molecule has 10 heteroatoms. The molecule has 0 aliphatic rings. The van der Waals surface area contributed by atoms with Gasteiger partial charge in [-0.2, -0.15) is 5.10 Å². The van der Waals surface area contributed by atoms with Crippen molar-refractivity contribution in [1.82, 2.24) is 19.9 Å². The molecule has 27 heavy (non-hydrogen) atoms. The average molecular weight is 409 g/mol. The summed E-state index contributed by atoms with van der Waals surface area (Å²) in [5.41, 5.74) is 1.58. The lowest BCUT2D eigenvalue weighted by Gasteiger charge is -2.07. The molecule has 0 spiro atoms. The van der Waals surface area contributed by atoms with E-state index in [9.17, 15) is 13.2 Å². The van der Waals surface area contributed by atoms with E-state index < -0.39 is 9.84 Å². The summed E-state index contributed by atoms with van der Waals surface area (Å²) in [6.45, 7) is 3.99. The van der Waals surface area contributed by atoms with Gasteiger partial charge in [-0.3, -0.25) is 4.79 Å². The molecule has 0 unspecified atom stereocenters. The molecule has 2 heterocycles. The average Bonchev–Trinajstić information content (AvgIpc) is 3.13. The molecule has 0 bridgehead atoms. The number of hydrogen-bond acceptors (Lipinski definition) is 7. The number of imidazole rings is 1. The van der Waals surface area contributed by atoms with Gasteiger partial charge in [0.2, 0.25) is 10.9 Å². The number of benzene rings is 1. The van der Waals surface area contributed by atoms with E-state index >= 15 is 0 Å². The first-order valence-corrected chi connectivity index (χ1v) is 10.7. The molecule has 0 radical (unpaired) electrons. The van der Waals surface area contributed by atoms with Crippen LogP contribution in [0.1, 0.15) is 22.8 Å². The van der Waals surface area contributed by atoms with Gasteiger partial charge in [-0.05, 0) is 38.1 Å². The molecule has 0 aliphatic heterocycles. The quantitative estimate of drug-likeness (QED) is 0.640. The molecule has 0 saturated carbocycles. The van der Waals surface area contributed by atoms with E-state index in [0.29, 0.717) is 5.75 Å². The Kier molecular flexibility index (Phi) is 5.47. The van der Waals surface area contributed by atoms with Crippen molar-refractivity contribution in [1.29, 1.82) is 0 Å². The molecule has 0 saturated heterocycles. The van der Waals surface area contributed by atoms with Gasteiger partial charge in [-0.15, -0.1) is 0 Å². The fourth-order valence-corrected chi connectivity index (χ4v) is 4.64. The maximum Gasteiger partial charge on any atom is 0.221 e. The Bertz CT molecular complexity index is 1070. The van der Waals surface area contributed by atoms with Crippen molar-refractivity contribution in [3.05, 3.63) is 40.7 Å². The van der Waals surface area contributed by atoms with Crippen LogP contribution in [0.25, 0.3) is 4.96 Å². The van der Waals surface area contributed by atoms with Crippen LogP contribution in [-0.4, -0.2) is 41.8 Å². The highest BCUT2D eigenvalue weighted by Crippen LogP contribution is 2.19. The third-order valence-electron chi connectivity index (χ3n) is 4.07. The predicted octanol–water partition coefficient (Wildman–Crippen LogP) is 1.90. The molecule has 0 aliphatic carbocycles. The second-order valence-corrected chi connectivity index (χ2v) is 9.25. The van der Waals surface area contributed by atoms with Gasteiger partial charge in [0.05, 0.1) is 35.7 Å². The molecule has 0 atom stereocenters. The van der Waals surface area contributed by atoms with Crippen LogP contribution in [0.15, 0.2) is 29.2 Å². The number of carbonyl (C=O) groups is 1. The summed E-state index contributed by atoms with van der Waals surface area (Å²) in [6.07, 6.45) is -0.120. The first-order chi connectivity index (χ1) is 12.8. The summed E-state index contributed by atoms with van der Waals surface area (Å²) in [6, 6.07) is 6.11. The standard InChI is InChI=1S/C17H20N4O4S2/c1-11-15(21-17(19-11)26-12(2)20-21)10-18-16(22)8-9-27(23,24)14-6-4-13(25-3)5-7-14/h4-7H,8-10H2,1-3H3,(H,18,22). The maximum absolute atomic E-state index is 12.4. The number of rotatable bonds is 7. The molecule has 1 amide bonds. The Labute approximate surface area is 161 Å². The van der Waals surface area contributed by atoms with E-state index in [0.717, 1.165) is 21.4 Å². The minimum absolute atomic E-state index is 0.120. The minimum atomic E-state index is -3.54. The van der Waals surface area contributed by atoms with E-state index in [1.54, 1.807) is 16.6 Å². The van der Waals surface area contributed by atoms with Crippen LogP contribution in [0.5, 0.6) is 5.75 Å². The number of aromatic nitrogens is 3. The van der Waals surface area contributed by atoms with E-state index in [1.165, 1.54) is 30.6 Å². The second-order valence-electron chi connectivity index (χ2n) is 5.98. The zero-order valence-corrected chi connectivity index (χ0v) is 16.9. The number of amides is 1. The van der Waals surface area contributed by atoms with Gasteiger partial charge in [-0.25, -0.2) is 17.9 Å². The van der Waals surface area contributed by atoms with Crippen molar-refractivity contribution in [3.8, 4) is 5.75 Å². The van der Waals surface area contributed by atoms with Gasteiger partial charge in [0.15, 0.2) is 9.84 Å². The maximum atomic E-state index is 12.4. The van der Waals surface area contributed by atoms with Crippen molar-refractivity contribution >= 4 is 32.0 Å². The highest BCUT2D eigenvalue weighted by Gasteiger charge is 2.18. The highest BCUT2D eigenvalue weighted by atomic mass is 32.2. The second kappa shape index (κ2) is 7.65. The highest BCUT2D eigenvalue weighted by molar-refractivity contribution is 7.91. The Hall–Kier alpha value is -2.46. The summed E-state index contributed by atoms with van der Waals surface area (Å²) < 4.78 is 31.4. The third-order valence-corrected chi connectivity index (χ3v) is 6.62. The van der Waals surface area contributed by atoms with Crippen molar-refractivity contribution < 1.29 is 17.9 Å². The van der Waals surface area contributed by atoms with E-state index in [4.69, 9.17) is 4.74 Å². The van der Waals surface area contributed by atoms with Crippen LogP contribution in [0.3, 0.4) is 0 Å². The Balaban J connectivity index is 1.59. The zero-order valence-electron chi connectivity index (χ0n) is 15.2. The Morgan fingerprint density at radius 3 is 2.63 bits per heavy atom.